The molecule has 1 aliphatic heterocycles. The van der Waals surface area contributed by atoms with Crippen LogP contribution in [0.3, 0.4) is 0 Å². The number of hydrogen-bond acceptors (Lipinski definition) is 2. The molecule has 88 valence electrons. The average Bonchev–Trinajstić information content (AvgIpc) is 2.79. The quantitative estimate of drug-likeness (QED) is 0.824. The van der Waals surface area contributed by atoms with E-state index in [1.807, 2.05) is 6.20 Å². The van der Waals surface area contributed by atoms with Gasteiger partial charge in [0.2, 0.25) is 0 Å². The number of aromatic amines is 1. The van der Waals surface area contributed by atoms with Crippen LogP contribution >= 0.6 is 0 Å². The van der Waals surface area contributed by atoms with Gasteiger partial charge in [0, 0.05) is 37.6 Å². The lowest BCUT2D eigenvalue weighted by Crippen LogP contribution is -2.36. The molecule has 0 aliphatic carbocycles. The molecule has 0 radical (unpaired) electrons. The first-order valence-corrected chi connectivity index (χ1v) is 6.01. The number of nitrogens with two attached hydrogens (primary N) is 1. The molecule has 2 aromatic rings. The van der Waals surface area contributed by atoms with Gasteiger partial charge >= 0.3 is 0 Å². The molecule has 2 heterocycles. The highest BCUT2D eigenvalue weighted by Gasteiger charge is 2.23. The topological polar surface area (TPSA) is 45.0 Å². The predicted octanol–water partition coefficient (Wildman–Crippen LogP) is 2.03. The monoisotopic (exact) mass is 227 g/mol. The van der Waals surface area contributed by atoms with Crippen molar-refractivity contribution in [2.45, 2.75) is 19.1 Å². The lowest BCUT2D eigenvalue weighted by Gasteiger charge is -2.30. The van der Waals surface area contributed by atoms with Crippen molar-refractivity contribution in [2.24, 2.45) is 5.73 Å². The maximum Gasteiger partial charge on any atom is 0.0442 e. The highest BCUT2D eigenvalue weighted by Crippen LogP contribution is 2.24. The second kappa shape index (κ2) is 4.35. The molecule has 0 saturated heterocycles. The third-order valence-electron chi connectivity index (χ3n) is 3.35. The summed E-state index contributed by atoms with van der Waals surface area (Å²) in [5.41, 5.74) is 10.1. The predicted molar refractivity (Wildman–Crippen MR) is 68.3 cm³/mol. The lowest BCUT2D eigenvalue weighted by atomic mass is 10.0. The van der Waals surface area contributed by atoms with E-state index in [0.29, 0.717) is 0 Å². The van der Waals surface area contributed by atoms with Crippen LogP contribution in [0.15, 0.2) is 42.6 Å². The maximum absolute atomic E-state index is 6.17. The van der Waals surface area contributed by atoms with Crippen molar-refractivity contribution < 1.29 is 0 Å². The molecule has 17 heavy (non-hydrogen) atoms. The lowest BCUT2D eigenvalue weighted by molar-refractivity contribution is 0.220. The van der Waals surface area contributed by atoms with Crippen molar-refractivity contribution in [1.82, 2.24) is 9.88 Å². The van der Waals surface area contributed by atoms with Gasteiger partial charge in [-0.15, -0.1) is 0 Å². The second-order valence-electron chi connectivity index (χ2n) is 4.67. The zero-order chi connectivity index (χ0) is 11.7. The molecule has 3 nitrogen and oxygen atoms in total. The molecule has 0 amide bonds. The molecule has 0 fully saturated rings. The Morgan fingerprint density at radius 2 is 2.06 bits per heavy atom. The van der Waals surface area contributed by atoms with Crippen molar-refractivity contribution >= 4 is 0 Å². The van der Waals surface area contributed by atoms with Gasteiger partial charge in [0.05, 0.1) is 0 Å². The number of benzene rings is 1. The number of aromatic nitrogens is 1. The van der Waals surface area contributed by atoms with E-state index in [4.69, 9.17) is 5.73 Å². The summed E-state index contributed by atoms with van der Waals surface area (Å²) in [6.07, 6.45) is 1.98. The Morgan fingerprint density at radius 3 is 2.88 bits per heavy atom. The van der Waals surface area contributed by atoms with Gasteiger partial charge in [-0.25, -0.2) is 0 Å². The third kappa shape index (κ3) is 2.12. The largest absolute Gasteiger partial charge is 0.364 e. The van der Waals surface area contributed by atoms with Gasteiger partial charge in [-0.2, -0.15) is 0 Å². The number of rotatable bonds is 2. The van der Waals surface area contributed by atoms with Gasteiger partial charge in [-0.05, 0) is 17.2 Å². The summed E-state index contributed by atoms with van der Waals surface area (Å²) < 4.78 is 0. The number of H-pyrrole nitrogens is 1. The SMILES string of the molecule is NC1CN(Cc2ccccc2)Cc2[nH]ccc21. The van der Waals surface area contributed by atoms with E-state index >= 15 is 0 Å². The Balaban J connectivity index is 1.76. The summed E-state index contributed by atoms with van der Waals surface area (Å²) in [6.45, 7) is 2.86. The molecule has 1 aromatic heterocycles. The molecule has 1 aromatic carbocycles. The minimum absolute atomic E-state index is 0.133. The van der Waals surface area contributed by atoms with Gasteiger partial charge in [0.25, 0.3) is 0 Å². The minimum Gasteiger partial charge on any atom is -0.364 e. The zero-order valence-corrected chi connectivity index (χ0v) is 9.76. The summed E-state index contributed by atoms with van der Waals surface area (Å²) in [7, 11) is 0. The molecular weight excluding hydrogens is 210 g/mol. The molecule has 3 heteroatoms. The Kier molecular flexibility index (Phi) is 2.71. The van der Waals surface area contributed by atoms with E-state index in [0.717, 1.165) is 19.6 Å². The first kappa shape index (κ1) is 10.6. The smallest absolute Gasteiger partial charge is 0.0442 e. The van der Waals surface area contributed by atoms with E-state index in [-0.39, 0.29) is 6.04 Å². The summed E-state index contributed by atoms with van der Waals surface area (Å²) in [5, 5.41) is 0. The molecular formula is C14H17N3. The van der Waals surface area contributed by atoms with Gasteiger partial charge in [-0.3, -0.25) is 4.90 Å². The zero-order valence-electron chi connectivity index (χ0n) is 9.76. The van der Waals surface area contributed by atoms with E-state index in [1.165, 1.54) is 16.8 Å². The molecule has 0 spiro atoms. The summed E-state index contributed by atoms with van der Waals surface area (Å²) in [6, 6.07) is 12.8. The normalized spacial score (nSPS) is 20.2. The summed E-state index contributed by atoms with van der Waals surface area (Å²) >= 11 is 0. The molecule has 1 unspecified atom stereocenters. The molecule has 3 N–H and O–H groups in total. The van der Waals surface area contributed by atoms with E-state index < -0.39 is 0 Å². The molecule has 3 rings (SSSR count). The van der Waals surface area contributed by atoms with Crippen LogP contribution in [0.25, 0.3) is 0 Å². The minimum atomic E-state index is 0.133. The highest BCUT2D eigenvalue weighted by molar-refractivity contribution is 5.27. The van der Waals surface area contributed by atoms with E-state index in [9.17, 15) is 0 Å². The van der Waals surface area contributed by atoms with Crippen LogP contribution in [0.1, 0.15) is 22.9 Å². The van der Waals surface area contributed by atoms with E-state index in [1.54, 1.807) is 0 Å². The maximum atomic E-state index is 6.17. The third-order valence-corrected chi connectivity index (χ3v) is 3.35. The van der Waals surface area contributed by atoms with Crippen LogP contribution < -0.4 is 5.73 Å². The molecule has 1 atom stereocenters. The summed E-state index contributed by atoms with van der Waals surface area (Å²) in [4.78, 5) is 5.67. The Morgan fingerprint density at radius 1 is 1.24 bits per heavy atom. The van der Waals surface area contributed by atoms with Gasteiger partial charge in [0.15, 0.2) is 0 Å². The van der Waals surface area contributed by atoms with Crippen molar-refractivity contribution in [3.63, 3.8) is 0 Å². The highest BCUT2D eigenvalue weighted by atomic mass is 15.2. The number of nitrogens with zero attached hydrogens (tertiary/aromatic N) is 1. The Labute approximate surface area is 101 Å². The Hall–Kier alpha value is -1.58. The fraction of sp³-hybridized carbons (Fsp3) is 0.286. The number of nitrogens with one attached hydrogen (secondary N) is 1. The number of fused-ring (bicyclic) bond motifs is 1. The number of hydrogen-bond donors (Lipinski definition) is 2. The first-order valence-electron chi connectivity index (χ1n) is 6.01. The standard InChI is InChI=1S/C14H17N3/c15-13-9-17(8-11-4-2-1-3-5-11)10-14-12(13)6-7-16-14/h1-7,13,16H,8-10,15H2. The fourth-order valence-electron chi connectivity index (χ4n) is 2.53. The van der Waals surface area contributed by atoms with Crippen LogP contribution in [0.2, 0.25) is 0 Å². The van der Waals surface area contributed by atoms with Crippen LogP contribution in [0.5, 0.6) is 0 Å². The van der Waals surface area contributed by atoms with Crippen molar-refractivity contribution in [3.8, 4) is 0 Å². The Bertz CT molecular complexity index is 489. The first-order chi connectivity index (χ1) is 8.33. The average molecular weight is 227 g/mol. The summed E-state index contributed by atoms with van der Waals surface area (Å²) in [5.74, 6) is 0. The fourth-order valence-corrected chi connectivity index (χ4v) is 2.53. The van der Waals surface area contributed by atoms with Crippen molar-refractivity contribution in [2.75, 3.05) is 6.54 Å². The van der Waals surface area contributed by atoms with Gasteiger partial charge in [-0.1, -0.05) is 30.3 Å². The van der Waals surface area contributed by atoms with Crippen molar-refractivity contribution in [3.05, 3.63) is 59.4 Å². The van der Waals surface area contributed by atoms with E-state index in [2.05, 4.69) is 46.3 Å². The van der Waals surface area contributed by atoms with Crippen LogP contribution in [0, 0.1) is 0 Å². The molecule has 1 aliphatic rings. The van der Waals surface area contributed by atoms with Crippen molar-refractivity contribution in [1.29, 1.82) is 0 Å². The van der Waals surface area contributed by atoms with Crippen LogP contribution in [0.4, 0.5) is 0 Å². The second-order valence-corrected chi connectivity index (χ2v) is 4.67. The molecule has 0 saturated carbocycles. The van der Waals surface area contributed by atoms with Gasteiger partial charge < -0.3 is 10.7 Å². The van der Waals surface area contributed by atoms with Gasteiger partial charge in [0.1, 0.15) is 0 Å². The molecule has 0 bridgehead atoms. The van der Waals surface area contributed by atoms with Crippen LogP contribution in [-0.2, 0) is 13.1 Å². The van der Waals surface area contributed by atoms with Crippen LogP contribution in [-0.4, -0.2) is 16.4 Å².